The molecule has 0 saturated carbocycles. The zero-order chi connectivity index (χ0) is 18.4. The van der Waals surface area contributed by atoms with Crippen molar-refractivity contribution in [2.45, 2.75) is 18.7 Å². The van der Waals surface area contributed by atoms with Crippen LogP contribution >= 0.6 is 0 Å². The number of methoxy groups -OCH3 is 2. The molecule has 2 rings (SSSR count). The SMILES string of the molecule is COc1cc(C)c(S(=O)(=O)NCCOc2ccccc2OC)cc1C. The Morgan fingerprint density at radius 2 is 1.56 bits per heavy atom. The Kier molecular flexibility index (Phi) is 6.27. The van der Waals surface area contributed by atoms with E-state index >= 15 is 0 Å². The monoisotopic (exact) mass is 365 g/mol. The third-order valence-electron chi connectivity index (χ3n) is 3.70. The van der Waals surface area contributed by atoms with E-state index in [1.54, 1.807) is 45.4 Å². The number of aryl methyl sites for hydroxylation is 2. The second kappa shape index (κ2) is 8.22. The molecular formula is C18H23NO5S. The summed E-state index contributed by atoms with van der Waals surface area (Å²) in [5, 5.41) is 0. The Labute approximate surface area is 148 Å². The van der Waals surface area contributed by atoms with Crippen LogP contribution in [0.2, 0.25) is 0 Å². The molecule has 0 aliphatic rings. The van der Waals surface area contributed by atoms with Crippen molar-refractivity contribution in [3.8, 4) is 17.2 Å². The van der Waals surface area contributed by atoms with E-state index in [1.807, 2.05) is 19.1 Å². The van der Waals surface area contributed by atoms with Gasteiger partial charge in [0.25, 0.3) is 0 Å². The quantitative estimate of drug-likeness (QED) is 0.728. The number of benzene rings is 2. The van der Waals surface area contributed by atoms with Gasteiger partial charge in [-0.25, -0.2) is 13.1 Å². The molecule has 136 valence electrons. The predicted octanol–water partition coefficient (Wildman–Crippen LogP) is 2.68. The minimum atomic E-state index is -3.63. The molecule has 25 heavy (non-hydrogen) atoms. The molecule has 0 spiro atoms. The molecule has 0 saturated heterocycles. The van der Waals surface area contributed by atoms with Crippen molar-refractivity contribution in [2.24, 2.45) is 0 Å². The second-order valence-electron chi connectivity index (χ2n) is 5.48. The fraction of sp³-hybridized carbons (Fsp3) is 0.333. The van der Waals surface area contributed by atoms with Crippen LogP contribution in [-0.4, -0.2) is 35.8 Å². The molecule has 0 aliphatic heterocycles. The summed E-state index contributed by atoms with van der Waals surface area (Å²) in [6.07, 6.45) is 0. The highest BCUT2D eigenvalue weighted by Crippen LogP contribution is 2.26. The lowest BCUT2D eigenvalue weighted by atomic mass is 10.1. The fourth-order valence-corrected chi connectivity index (χ4v) is 3.75. The first-order chi connectivity index (χ1) is 11.9. The molecule has 6 nitrogen and oxygen atoms in total. The van der Waals surface area contributed by atoms with Gasteiger partial charge in [-0.2, -0.15) is 0 Å². The average molecular weight is 365 g/mol. The number of ether oxygens (including phenoxy) is 3. The Hall–Kier alpha value is -2.25. The first kappa shape index (κ1) is 19.1. The van der Waals surface area contributed by atoms with Crippen LogP contribution in [0.4, 0.5) is 0 Å². The van der Waals surface area contributed by atoms with Crippen LogP contribution in [0.25, 0.3) is 0 Å². The number of sulfonamides is 1. The highest BCUT2D eigenvalue weighted by molar-refractivity contribution is 7.89. The zero-order valence-corrected chi connectivity index (χ0v) is 15.6. The van der Waals surface area contributed by atoms with Crippen LogP contribution in [0.5, 0.6) is 17.2 Å². The predicted molar refractivity (Wildman–Crippen MR) is 96.1 cm³/mol. The summed E-state index contributed by atoms with van der Waals surface area (Å²) in [6.45, 7) is 3.88. The molecule has 0 heterocycles. The topological polar surface area (TPSA) is 73.9 Å². The third kappa shape index (κ3) is 4.64. The molecule has 0 unspecified atom stereocenters. The van der Waals surface area contributed by atoms with Crippen molar-refractivity contribution >= 4 is 10.0 Å². The highest BCUT2D eigenvalue weighted by atomic mass is 32.2. The summed E-state index contributed by atoms with van der Waals surface area (Å²) < 4.78 is 43.5. The molecular weight excluding hydrogens is 342 g/mol. The minimum absolute atomic E-state index is 0.144. The molecule has 2 aromatic carbocycles. The lowest BCUT2D eigenvalue weighted by molar-refractivity contribution is 0.298. The smallest absolute Gasteiger partial charge is 0.240 e. The summed E-state index contributed by atoms with van der Waals surface area (Å²) in [4.78, 5) is 0.239. The van der Waals surface area contributed by atoms with Gasteiger partial charge in [0.05, 0.1) is 19.1 Å². The van der Waals surface area contributed by atoms with E-state index < -0.39 is 10.0 Å². The summed E-state index contributed by atoms with van der Waals surface area (Å²) in [5.74, 6) is 1.84. The highest BCUT2D eigenvalue weighted by Gasteiger charge is 2.18. The van der Waals surface area contributed by atoms with E-state index in [0.29, 0.717) is 22.8 Å². The first-order valence-corrected chi connectivity index (χ1v) is 9.28. The van der Waals surface area contributed by atoms with Gasteiger partial charge in [0.2, 0.25) is 10.0 Å². The second-order valence-corrected chi connectivity index (χ2v) is 7.22. The van der Waals surface area contributed by atoms with Gasteiger partial charge in [-0.05, 0) is 49.2 Å². The fourth-order valence-electron chi connectivity index (χ4n) is 2.43. The molecule has 0 atom stereocenters. The van der Waals surface area contributed by atoms with Crippen molar-refractivity contribution in [3.63, 3.8) is 0 Å². The van der Waals surface area contributed by atoms with E-state index in [4.69, 9.17) is 14.2 Å². The van der Waals surface area contributed by atoms with Crippen molar-refractivity contribution < 1.29 is 22.6 Å². The van der Waals surface area contributed by atoms with Crippen LogP contribution in [0.1, 0.15) is 11.1 Å². The Morgan fingerprint density at radius 1 is 0.920 bits per heavy atom. The Balaban J connectivity index is 2.01. The van der Waals surface area contributed by atoms with Crippen LogP contribution in [0.15, 0.2) is 41.3 Å². The first-order valence-electron chi connectivity index (χ1n) is 7.79. The van der Waals surface area contributed by atoms with Gasteiger partial charge in [0.1, 0.15) is 12.4 Å². The average Bonchev–Trinajstić information content (AvgIpc) is 2.60. The molecule has 2 aromatic rings. The molecule has 0 bridgehead atoms. The molecule has 0 radical (unpaired) electrons. The number of hydrogen-bond acceptors (Lipinski definition) is 5. The zero-order valence-electron chi connectivity index (χ0n) is 14.8. The van der Waals surface area contributed by atoms with Crippen LogP contribution < -0.4 is 18.9 Å². The molecule has 0 fully saturated rings. The van der Waals surface area contributed by atoms with E-state index in [2.05, 4.69) is 4.72 Å². The molecule has 0 aromatic heterocycles. The van der Waals surface area contributed by atoms with Crippen LogP contribution in [0.3, 0.4) is 0 Å². The van der Waals surface area contributed by atoms with Crippen molar-refractivity contribution in [1.82, 2.24) is 4.72 Å². The number of rotatable bonds is 8. The summed E-state index contributed by atoms with van der Waals surface area (Å²) >= 11 is 0. The van der Waals surface area contributed by atoms with Gasteiger partial charge in [-0.3, -0.25) is 0 Å². The van der Waals surface area contributed by atoms with E-state index in [1.165, 1.54) is 0 Å². The van der Waals surface area contributed by atoms with E-state index in [9.17, 15) is 8.42 Å². The number of para-hydroxylation sites is 2. The Morgan fingerprint density at radius 3 is 2.20 bits per heavy atom. The lowest BCUT2D eigenvalue weighted by Crippen LogP contribution is -2.29. The largest absolute Gasteiger partial charge is 0.496 e. The number of nitrogens with one attached hydrogen (secondary N) is 1. The molecule has 0 amide bonds. The van der Waals surface area contributed by atoms with Crippen molar-refractivity contribution in [3.05, 3.63) is 47.5 Å². The van der Waals surface area contributed by atoms with Gasteiger partial charge in [0, 0.05) is 6.54 Å². The Bertz CT molecular complexity index is 833. The maximum atomic E-state index is 12.5. The van der Waals surface area contributed by atoms with Gasteiger partial charge in [-0.1, -0.05) is 12.1 Å². The molecule has 7 heteroatoms. The maximum absolute atomic E-state index is 12.5. The normalized spacial score (nSPS) is 11.2. The summed E-state index contributed by atoms with van der Waals surface area (Å²) in [7, 11) is -0.511. The number of hydrogen-bond donors (Lipinski definition) is 1. The van der Waals surface area contributed by atoms with Gasteiger partial charge >= 0.3 is 0 Å². The van der Waals surface area contributed by atoms with Gasteiger partial charge in [0.15, 0.2) is 11.5 Å². The van der Waals surface area contributed by atoms with Crippen molar-refractivity contribution in [2.75, 3.05) is 27.4 Å². The molecule has 1 N–H and O–H groups in total. The summed E-state index contributed by atoms with van der Waals surface area (Å²) in [5.41, 5.74) is 1.39. The van der Waals surface area contributed by atoms with E-state index in [-0.39, 0.29) is 18.0 Å². The minimum Gasteiger partial charge on any atom is -0.496 e. The van der Waals surface area contributed by atoms with Crippen LogP contribution in [-0.2, 0) is 10.0 Å². The van der Waals surface area contributed by atoms with Crippen molar-refractivity contribution in [1.29, 1.82) is 0 Å². The lowest BCUT2D eigenvalue weighted by Gasteiger charge is -2.14. The summed E-state index contributed by atoms with van der Waals surface area (Å²) in [6, 6.07) is 10.5. The van der Waals surface area contributed by atoms with Crippen LogP contribution in [0, 0.1) is 13.8 Å². The third-order valence-corrected chi connectivity index (χ3v) is 5.31. The standard InChI is InChI=1S/C18H23NO5S/c1-13-12-18(14(2)11-17(13)23-4)25(20,21)19-9-10-24-16-8-6-5-7-15(16)22-3/h5-8,11-12,19H,9-10H2,1-4H3. The molecule has 0 aliphatic carbocycles. The van der Waals surface area contributed by atoms with Gasteiger partial charge < -0.3 is 14.2 Å². The maximum Gasteiger partial charge on any atom is 0.240 e. The van der Waals surface area contributed by atoms with E-state index in [0.717, 1.165) is 5.56 Å². The van der Waals surface area contributed by atoms with Gasteiger partial charge in [-0.15, -0.1) is 0 Å².